The van der Waals surface area contributed by atoms with Crippen LogP contribution < -0.4 is 0 Å². The first-order valence-corrected chi connectivity index (χ1v) is 29.9. The van der Waals surface area contributed by atoms with Crippen molar-refractivity contribution < 1.29 is 10.2 Å². The van der Waals surface area contributed by atoms with Crippen LogP contribution in [0, 0.1) is 55.4 Å². The van der Waals surface area contributed by atoms with Crippen LogP contribution >= 0.6 is 65.4 Å². The molecule has 4 heterocycles. The van der Waals surface area contributed by atoms with E-state index >= 15 is 0 Å². The summed E-state index contributed by atoms with van der Waals surface area (Å²) >= 11 is 7.18. The number of hydrogen-bond donors (Lipinski definition) is 2. The van der Waals surface area contributed by atoms with E-state index < -0.39 is 31.3 Å². The Bertz CT molecular complexity index is 2620. The standard InChI is InChI=1S/C54H60O2S6/c1-31-19-32(2)24-39(23-31)53(55,40-25-33(3)20-34(4)26-40)47-49(43-15-17-45(57-43)61(9,10)11)59-52-48(50(60-51(47)52)44-16-18-46(58-44)62(12,13)14)54(56,41-27-35(5)21-36(6)28-41)42-29-37(7)22-38(8)30-42/h15-30,55-56H,1-14H3. The molecule has 4 aromatic carbocycles. The van der Waals surface area contributed by atoms with Crippen molar-refractivity contribution in [3.8, 4) is 19.5 Å². The third-order valence-electron chi connectivity index (χ3n) is 11.6. The average Bonchev–Trinajstić information content (AvgIpc) is 3.96. The fourth-order valence-electron chi connectivity index (χ4n) is 9.13. The first-order chi connectivity index (χ1) is 29.0. The molecular formula is C54H60O2S6. The Hall–Kier alpha value is -3.44. The maximum atomic E-state index is 14.3. The summed E-state index contributed by atoms with van der Waals surface area (Å²) in [7, 11) is -2.06. The summed E-state index contributed by atoms with van der Waals surface area (Å²) < 4.78 is 4.77. The van der Waals surface area contributed by atoms with Crippen LogP contribution in [0.3, 0.4) is 0 Å². The molecule has 0 fully saturated rings. The molecule has 0 aliphatic rings. The number of hydrogen-bond acceptors (Lipinski definition) is 6. The fraction of sp³-hybridized carbons (Fsp3) is 0.296. The zero-order valence-corrected chi connectivity index (χ0v) is 43.5. The van der Waals surface area contributed by atoms with Gasteiger partial charge in [0.15, 0.2) is 0 Å². The Morgan fingerprint density at radius 1 is 0.355 bits per heavy atom. The highest BCUT2D eigenvalue weighted by molar-refractivity contribution is 8.33. The maximum Gasteiger partial charge on any atom is 0.143 e. The van der Waals surface area contributed by atoms with Crippen molar-refractivity contribution in [2.24, 2.45) is 0 Å². The second kappa shape index (κ2) is 16.2. The molecular weight excluding hydrogens is 873 g/mol. The Balaban J connectivity index is 1.62. The summed E-state index contributed by atoms with van der Waals surface area (Å²) in [6.45, 7) is 17.0. The molecule has 0 aliphatic carbocycles. The highest BCUT2D eigenvalue weighted by Gasteiger charge is 2.46. The van der Waals surface area contributed by atoms with Crippen LogP contribution in [0.4, 0.5) is 0 Å². The van der Waals surface area contributed by atoms with Crippen LogP contribution in [0.25, 0.3) is 28.9 Å². The van der Waals surface area contributed by atoms with Gasteiger partial charge in [-0.05, 0) is 139 Å². The Labute approximate surface area is 389 Å². The van der Waals surface area contributed by atoms with E-state index in [2.05, 4.69) is 190 Å². The smallest absolute Gasteiger partial charge is 0.143 e. The second-order valence-corrected chi connectivity index (χ2v) is 32.1. The van der Waals surface area contributed by atoms with Gasteiger partial charge in [-0.15, -0.1) is 45.3 Å². The van der Waals surface area contributed by atoms with Crippen LogP contribution in [0.15, 0.2) is 105 Å². The highest BCUT2D eigenvalue weighted by atomic mass is 32.3. The summed E-state index contributed by atoms with van der Waals surface area (Å²) in [5.41, 5.74) is 11.0. The normalized spacial score (nSPS) is 13.4. The summed E-state index contributed by atoms with van der Waals surface area (Å²) in [5.74, 6) is 0. The Kier molecular flexibility index (Phi) is 11.8. The van der Waals surface area contributed by atoms with E-state index in [1.165, 1.54) is 8.42 Å². The van der Waals surface area contributed by atoms with E-state index in [0.29, 0.717) is 0 Å². The van der Waals surface area contributed by atoms with Crippen LogP contribution in [0.5, 0.6) is 0 Å². The zero-order valence-electron chi connectivity index (χ0n) is 38.6. The first-order valence-electron chi connectivity index (χ1n) is 20.9. The molecule has 4 aromatic heterocycles. The van der Waals surface area contributed by atoms with E-state index in [1.54, 1.807) is 22.7 Å². The quantitative estimate of drug-likeness (QED) is 0.143. The molecule has 0 unspecified atom stereocenters. The molecule has 0 aliphatic heterocycles. The first kappa shape index (κ1) is 45.1. The van der Waals surface area contributed by atoms with Gasteiger partial charge in [-0.25, -0.2) is 20.1 Å². The molecule has 8 heteroatoms. The minimum Gasteiger partial charge on any atom is -0.376 e. The molecule has 2 nitrogen and oxygen atoms in total. The van der Waals surface area contributed by atoms with Crippen LogP contribution in [0.2, 0.25) is 0 Å². The lowest BCUT2D eigenvalue weighted by molar-refractivity contribution is 0.127. The zero-order chi connectivity index (χ0) is 44.8. The van der Waals surface area contributed by atoms with E-state index in [-0.39, 0.29) is 0 Å². The summed E-state index contributed by atoms with van der Waals surface area (Å²) in [4.78, 5) is 4.38. The van der Waals surface area contributed by atoms with Gasteiger partial charge in [0, 0.05) is 29.3 Å². The predicted molar refractivity (Wildman–Crippen MR) is 281 cm³/mol. The van der Waals surface area contributed by atoms with Crippen molar-refractivity contribution in [3.05, 3.63) is 175 Å². The van der Waals surface area contributed by atoms with E-state index in [1.807, 2.05) is 22.7 Å². The molecule has 0 radical (unpaired) electrons. The molecule has 0 atom stereocenters. The topological polar surface area (TPSA) is 40.5 Å². The number of aryl methyl sites for hydroxylation is 8. The van der Waals surface area contributed by atoms with Gasteiger partial charge in [-0.2, -0.15) is 0 Å². The molecule has 0 amide bonds. The molecule has 8 aromatic rings. The largest absolute Gasteiger partial charge is 0.376 e. The van der Waals surface area contributed by atoms with E-state index in [4.69, 9.17) is 0 Å². The molecule has 62 heavy (non-hydrogen) atoms. The lowest BCUT2D eigenvalue weighted by Gasteiger charge is -2.32. The molecule has 0 saturated carbocycles. The van der Waals surface area contributed by atoms with Gasteiger partial charge in [0.1, 0.15) is 11.2 Å². The van der Waals surface area contributed by atoms with Crippen LogP contribution in [-0.2, 0) is 11.2 Å². The number of aliphatic hydroxyl groups is 2. The summed E-state index contributed by atoms with van der Waals surface area (Å²) in [5, 5.41) is 28.7. The lowest BCUT2D eigenvalue weighted by atomic mass is 9.77. The van der Waals surface area contributed by atoms with Gasteiger partial charge in [0.2, 0.25) is 0 Å². The van der Waals surface area contributed by atoms with Crippen molar-refractivity contribution in [2.45, 2.75) is 75.0 Å². The monoisotopic (exact) mass is 932 g/mol. The Morgan fingerprint density at radius 2 is 0.597 bits per heavy atom. The van der Waals surface area contributed by atoms with Crippen molar-refractivity contribution in [2.75, 3.05) is 37.5 Å². The minimum absolute atomic E-state index is 0.851. The van der Waals surface area contributed by atoms with E-state index in [0.717, 1.165) is 107 Å². The lowest BCUT2D eigenvalue weighted by Crippen LogP contribution is -2.30. The average molecular weight is 933 g/mol. The van der Waals surface area contributed by atoms with Gasteiger partial charge >= 0.3 is 0 Å². The second-order valence-electron chi connectivity index (χ2n) is 19.1. The fourth-order valence-corrected chi connectivity index (χ4v) is 17.4. The van der Waals surface area contributed by atoms with Gasteiger partial charge in [0.25, 0.3) is 0 Å². The van der Waals surface area contributed by atoms with Gasteiger partial charge < -0.3 is 10.2 Å². The van der Waals surface area contributed by atoms with Crippen molar-refractivity contribution >= 4 is 74.8 Å². The highest BCUT2D eigenvalue weighted by Crippen LogP contribution is 2.62. The molecule has 8 rings (SSSR count). The van der Waals surface area contributed by atoms with E-state index in [9.17, 15) is 10.2 Å². The SMILES string of the molecule is Cc1cc(C)cc(C(O)(c2cc(C)cc(C)c2)c2c(-c3ccc(S(C)(C)C)s3)sc3c(C(O)(c4cc(C)cc(C)c4)c4cc(C)cc(C)c4)c(-c4ccc(S(C)(C)C)s4)sc23)c1. The minimum atomic E-state index is -1.53. The number of thiophene rings is 4. The summed E-state index contributed by atoms with van der Waals surface area (Å²) in [6.07, 6.45) is 14.1. The molecule has 0 bridgehead atoms. The third kappa shape index (κ3) is 8.13. The van der Waals surface area contributed by atoms with Crippen LogP contribution in [0.1, 0.15) is 77.9 Å². The van der Waals surface area contributed by atoms with Gasteiger partial charge in [-0.3, -0.25) is 0 Å². The molecule has 324 valence electrons. The number of rotatable bonds is 10. The molecule has 0 spiro atoms. The molecule has 0 saturated heterocycles. The predicted octanol–water partition coefficient (Wildman–Crippen LogP) is 15.6. The van der Waals surface area contributed by atoms with Gasteiger partial charge in [0.05, 0.1) is 19.2 Å². The Morgan fingerprint density at radius 3 is 0.806 bits per heavy atom. The van der Waals surface area contributed by atoms with Gasteiger partial charge in [-0.1, -0.05) is 117 Å². The third-order valence-corrected chi connectivity index (χ3v) is 22.5. The maximum absolute atomic E-state index is 14.3. The number of fused-ring (bicyclic) bond motifs is 1. The van der Waals surface area contributed by atoms with Crippen molar-refractivity contribution in [1.29, 1.82) is 0 Å². The number of benzene rings is 4. The summed E-state index contributed by atoms with van der Waals surface area (Å²) in [6, 6.07) is 35.3. The van der Waals surface area contributed by atoms with Crippen molar-refractivity contribution in [3.63, 3.8) is 0 Å². The van der Waals surface area contributed by atoms with Crippen LogP contribution in [-0.4, -0.2) is 47.7 Å². The van der Waals surface area contributed by atoms with Crippen molar-refractivity contribution in [1.82, 2.24) is 0 Å². The molecule has 2 N–H and O–H groups in total.